The molecule has 0 spiro atoms. The third kappa shape index (κ3) is 2.97. The zero-order chi connectivity index (χ0) is 14.0. The topological polar surface area (TPSA) is 84.8 Å². The highest BCUT2D eigenvalue weighted by Crippen LogP contribution is 2.19. The largest absolute Gasteiger partial charge is 0.337 e. The molecule has 2 rings (SSSR count). The Morgan fingerprint density at radius 2 is 2.00 bits per heavy atom. The molecule has 100 valence electrons. The second-order valence-corrected chi connectivity index (χ2v) is 4.52. The van der Waals surface area contributed by atoms with Gasteiger partial charge in [-0.05, 0) is 25.5 Å². The Balaban J connectivity index is 2.13. The van der Waals surface area contributed by atoms with Crippen molar-refractivity contribution >= 4 is 11.4 Å². The highest BCUT2D eigenvalue weighted by molar-refractivity contribution is 5.93. The number of allylic oxidation sites excluding steroid dienone is 2. The van der Waals surface area contributed by atoms with Crippen molar-refractivity contribution in [2.45, 2.75) is 26.7 Å². The Hall–Kier alpha value is -2.21. The summed E-state index contributed by atoms with van der Waals surface area (Å²) in [7, 11) is 0. The number of hydrogen-bond donors (Lipinski definition) is 1. The van der Waals surface area contributed by atoms with Gasteiger partial charge in [0.05, 0.1) is 4.92 Å². The van der Waals surface area contributed by atoms with E-state index < -0.39 is 11.2 Å². The molecule has 0 radical (unpaired) electrons. The van der Waals surface area contributed by atoms with Crippen LogP contribution in [0.5, 0.6) is 0 Å². The van der Waals surface area contributed by atoms with Crippen molar-refractivity contribution in [3.63, 3.8) is 0 Å². The van der Waals surface area contributed by atoms with Crippen molar-refractivity contribution in [2.75, 3.05) is 0 Å². The van der Waals surface area contributed by atoms with Gasteiger partial charge in [0.1, 0.15) is 0 Å². The fourth-order valence-electron chi connectivity index (χ4n) is 2.05. The number of nitro benzene ring substituents is 1. The summed E-state index contributed by atoms with van der Waals surface area (Å²) in [5.74, 6) is 0. The highest BCUT2D eigenvalue weighted by atomic mass is 16.6. The first-order chi connectivity index (χ1) is 8.97. The average molecular weight is 260 g/mol. The molecule has 0 aliphatic carbocycles. The van der Waals surface area contributed by atoms with Crippen molar-refractivity contribution in [2.24, 2.45) is 10.7 Å². The van der Waals surface area contributed by atoms with Crippen LogP contribution in [-0.4, -0.2) is 21.8 Å². The van der Waals surface area contributed by atoms with Crippen LogP contribution in [0.2, 0.25) is 0 Å². The Bertz CT molecular complexity index is 548. The highest BCUT2D eigenvalue weighted by Gasteiger charge is 2.18. The first-order valence-electron chi connectivity index (χ1n) is 5.95. The van der Waals surface area contributed by atoms with Gasteiger partial charge in [-0.2, -0.15) is 0 Å². The second-order valence-electron chi connectivity index (χ2n) is 4.52. The molecular formula is C13H16N4O2. The Labute approximate surface area is 111 Å². The van der Waals surface area contributed by atoms with Gasteiger partial charge in [0, 0.05) is 30.1 Å². The number of nitrogens with zero attached hydrogens (tertiary/aromatic N) is 3. The second kappa shape index (κ2) is 5.19. The number of rotatable bonds is 3. The standard InChI is InChI=1S/C13H16N4O2/c1-9-7-10(2)16(13(14)15-9)8-11-3-5-12(6-4-11)17(18)19/h3-7,13H,8,14H2,1-2H3. The minimum Gasteiger partial charge on any atom is -0.337 e. The van der Waals surface area contributed by atoms with Gasteiger partial charge in [-0.15, -0.1) is 0 Å². The first-order valence-corrected chi connectivity index (χ1v) is 5.95. The maximum atomic E-state index is 10.6. The van der Waals surface area contributed by atoms with Crippen LogP contribution in [0.1, 0.15) is 19.4 Å². The predicted molar refractivity (Wildman–Crippen MR) is 73.5 cm³/mol. The van der Waals surface area contributed by atoms with E-state index in [2.05, 4.69) is 4.99 Å². The molecule has 6 nitrogen and oxygen atoms in total. The molecule has 1 aromatic rings. The van der Waals surface area contributed by atoms with Gasteiger partial charge in [0.25, 0.3) is 5.69 Å². The molecule has 0 fully saturated rings. The van der Waals surface area contributed by atoms with E-state index in [1.807, 2.05) is 24.8 Å². The van der Waals surface area contributed by atoms with Crippen LogP contribution in [0.4, 0.5) is 5.69 Å². The molecule has 0 aromatic heterocycles. The molecule has 19 heavy (non-hydrogen) atoms. The van der Waals surface area contributed by atoms with Gasteiger partial charge >= 0.3 is 0 Å². The third-order valence-corrected chi connectivity index (χ3v) is 3.03. The number of hydrogen-bond acceptors (Lipinski definition) is 5. The number of nitrogens with two attached hydrogens (primary N) is 1. The smallest absolute Gasteiger partial charge is 0.269 e. The van der Waals surface area contributed by atoms with Gasteiger partial charge in [-0.1, -0.05) is 12.1 Å². The molecule has 1 aromatic carbocycles. The van der Waals surface area contributed by atoms with Crippen LogP contribution in [0.3, 0.4) is 0 Å². The van der Waals surface area contributed by atoms with Gasteiger partial charge in [-0.25, -0.2) is 0 Å². The molecule has 1 atom stereocenters. The van der Waals surface area contributed by atoms with Crippen LogP contribution in [0, 0.1) is 10.1 Å². The monoisotopic (exact) mass is 260 g/mol. The fraction of sp³-hybridized carbons (Fsp3) is 0.308. The van der Waals surface area contributed by atoms with Gasteiger partial charge in [0.15, 0.2) is 6.29 Å². The molecular weight excluding hydrogens is 244 g/mol. The van der Waals surface area contributed by atoms with E-state index in [0.29, 0.717) is 6.54 Å². The summed E-state index contributed by atoms with van der Waals surface area (Å²) < 4.78 is 0. The Kier molecular flexibility index (Phi) is 3.62. The molecule has 0 saturated carbocycles. The quantitative estimate of drug-likeness (QED) is 0.665. The van der Waals surface area contributed by atoms with E-state index in [0.717, 1.165) is 17.0 Å². The summed E-state index contributed by atoms with van der Waals surface area (Å²) >= 11 is 0. The van der Waals surface area contributed by atoms with Crippen molar-refractivity contribution in [1.82, 2.24) is 4.90 Å². The van der Waals surface area contributed by atoms with Crippen molar-refractivity contribution in [1.29, 1.82) is 0 Å². The lowest BCUT2D eigenvalue weighted by Crippen LogP contribution is -2.41. The number of non-ortho nitro benzene ring substituents is 1. The van der Waals surface area contributed by atoms with Crippen LogP contribution in [0.15, 0.2) is 41.0 Å². The van der Waals surface area contributed by atoms with Gasteiger partial charge in [0.2, 0.25) is 0 Å². The van der Waals surface area contributed by atoms with Crippen LogP contribution < -0.4 is 5.73 Å². The molecule has 1 aliphatic heterocycles. The van der Waals surface area contributed by atoms with E-state index in [9.17, 15) is 10.1 Å². The number of benzene rings is 1. The average Bonchev–Trinajstić information content (AvgIpc) is 2.34. The summed E-state index contributed by atoms with van der Waals surface area (Å²) in [6, 6.07) is 6.48. The molecule has 1 unspecified atom stereocenters. The number of nitro groups is 1. The zero-order valence-corrected chi connectivity index (χ0v) is 10.9. The molecule has 6 heteroatoms. The molecule has 1 aliphatic rings. The zero-order valence-electron chi connectivity index (χ0n) is 10.9. The molecule has 0 saturated heterocycles. The first kappa shape index (κ1) is 13.2. The summed E-state index contributed by atoms with van der Waals surface area (Å²) in [5, 5.41) is 10.6. The Morgan fingerprint density at radius 1 is 1.37 bits per heavy atom. The fourth-order valence-corrected chi connectivity index (χ4v) is 2.05. The number of aliphatic imine (C=N–C) groups is 1. The minimum atomic E-state index is -0.408. The Morgan fingerprint density at radius 3 is 2.53 bits per heavy atom. The molecule has 0 bridgehead atoms. The van der Waals surface area contributed by atoms with E-state index in [4.69, 9.17) is 5.73 Å². The lowest BCUT2D eigenvalue weighted by atomic mass is 10.1. The van der Waals surface area contributed by atoms with Crippen LogP contribution in [0.25, 0.3) is 0 Å². The maximum Gasteiger partial charge on any atom is 0.269 e. The summed E-state index contributed by atoms with van der Waals surface area (Å²) in [4.78, 5) is 16.4. The summed E-state index contributed by atoms with van der Waals surface area (Å²) in [6.45, 7) is 4.47. The van der Waals surface area contributed by atoms with Crippen molar-refractivity contribution < 1.29 is 4.92 Å². The van der Waals surface area contributed by atoms with Crippen LogP contribution >= 0.6 is 0 Å². The predicted octanol–water partition coefficient (Wildman–Crippen LogP) is 2.02. The lowest BCUT2D eigenvalue weighted by Gasteiger charge is -2.32. The summed E-state index contributed by atoms with van der Waals surface area (Å²) in [6.07, 6.45) is 1.56. The van der Waals surface area contributed by atoms with Crippen molar-refractivity contribution in [3.05, 3.63) is 51.7 Å². The van der Waals surface area contributed by atoms with Crippen LogP contribution in [-0.2, 0) is 6.54 Å². The summed E-state index contributed by atoms with van der Waals surface area (Å²) in [5.41, 5.74) is 8.97. The molecule has 0 amide bonds. The molecule has 1 heterocycles. The van der Waals surface area contributed by atoms with E-state index >= 15 is 0 Å². The van der Waals surface area contributed by atoms with E-state index in [1.54, 1.807) is 12.1 Å². The van der Waals surface area contributed by atoms with E-state index in [1.165, 1.54) is 12.1 Å². The minimum absolute atomic E-state index is 0.0906. The van der Waals surface area contributed by atoms with E-state index in [-0.39, 0.29) is 5.69 Å². The third-order valence-electron chi connectivity index (χ3n) is 3.03. The van der Waals surface area contributed by atoms with Crippen molar-refractivity contribution in [3.8, 4) is 0 Å². The lowest BCUT2D eigenvalue weighted by molar-refractivity contribution is -0.384. The SMILES string of the molecule is CC1=CC(C)=NC(N)N1Cc1ccc([N+](=O)[O-])cc1. The maximum absolute atomic E-state index is 10.6. The molecule has 2 N–H and O–H groups in total. The normalized spacial score (nSPS) is 18.9. The van der Waals surface area contributed by atoms with Gasteiger partial charge in [-0.3, -0.25) is 20.8 Å². The van der Waals surface area contributed by atoms with Gasteiger partial charge < -0.3 is 4.90 Å².